The first kappa shape index (κ1) is 11.0. The molecule has 0 amide bonds. The summed E-state index contributed by atoms with van der Waals surface area (Å²) in [7, 11) is 3.70. The second-order valence-corrected chi connectivity index (χ2v) is 3.27. The minimum Gasteiger partial charge on any atom is -0.357 e. The smallest absolute Gasteiger partial charge is 0.271 e. The van der Waals surface area contributed by atoms with Crippen molar-refractivity contribution in [3.8, 4) is 0 Å². The standard InChI is InChI=1S/C8H13ClN4O/c1-10-3-4-13(2)7-6(9)8(14)12-5-11-7/h5,10H,3-4H2,1-2H3,(H,11,12,14). The fourth-order valence-electron chi connectivity index (χ4n) is 1.03. The summed E-state index contributed by atoms with van der Waals surface area (Å²) < 4.78 is 0. The number of aromatic amines is 1. The maximum absolute atomic E-state index is 11.1. The fourth-order valence-corrected chi connectivity index (χ4v) is 1.27. The Bertz CT molecular complexity index is 351. The molecule has 2 N–H and O–H groups in total. The third-order valence-electron chi connectivity index (χ3n) is 1.84. The van der Waals surface area contributed by atoms with E-state index in [9.17, 15) is 4.79 Å². The zero-order chi connectivity index (χ0) is 10.6. The number of anilines is 1. The molecule has 6 heteroatoms. The number of nitrogens with zero attached hydrogens (tertiary/aromatic N) is 2. The van der Waals surface area contributed by atoms with Crippen molar-refractivity contribution in [2.45, 2.75) is 0 Å². The molecule has 0 saturated heterocycles. The number of H-pyrrole nitrogens is 1. The van der Waals surface area contributed by atoms with Crippen LogP contribution in [0.15, 0.2) is 11.1 Å². The molecule has 0 radical (unpaired) electrons. The molecule has 0 saturated carbocycles. The van der Waals surface area contributed by atoms with Gasteiger partial charge in [0.25, 0.3) is 5.56 Å². The lowest BCUT2D eigenvalue weighted by Gasteiger charge is -2.17. The van der Waals surface area contributed by atoms with Gasteiger partial charge in [-0.2, -0.15) is 0 Å². The van der Waals surface area contributed by atoms with Crippen molar-refractivity contribution in [2.24, 2.45) is 0 Å². The van der Waals surface area contributed by atoms with Crippen LogP contribution in [0.2, 0.25) is 5.02 Å². The SMILES string of the molecule is CNCCN(C)c1nc[nH]c(=O)c1Cl. The highest BCUT2D eigenvalue weighted by atomic mass is 35.5. The molecule has 14 heavy (non-hydrogen) atoms. The van der Waals surface area contributed by atoms with Gasteiger partial charge in [-0.3, -0.25) is 4.79 Å². The number of nitrogens with one attached hydrogen (secondary N) is 2. The number of hydrogen-bond acceptors (Lipinski definition) is 4. The molecule has 0 aliphatic carbocycles. The van der Waals surface area contributed by atoms with Crippen molar-refractivity contribution < 1.29 is 0 Å². The van der Waals surface area contributed by atoms with Gasteiger partial charge in [-0.05, 0) is 7.05 Å². The van der Waals surface area contributed by atoms with Gasteiger partial charge in [0.1, 0.15) is 5.02 Å². The molecule has 0 spiro atoms. The van der Waals surface area contributed by atoms with Crippen molar-refractivity contribution in [3.63, 3.8) is 0 Å². The second kappa shape index (κ2) is 4.97. The average molecular weight is 217 g/mol. The Labute approximate surface area is 87.1 Å². The normalized spacial score (nSPS) is 10.2. The van der Waals surface area contributed by atoms with Crippen molar-refractivity contribution in [2.75, 3.05) is 32.1 Å². The number of halogens is 1. The first-order chi connectivity index (χ1) is 6.66. The summed E-state index contributed by atoms with van der Waals surface area (Å²) in [5.41, 5.74) is -0.312. The van der Waals surface area contributed by atoms with E-state index in [1.54, 1.807) is 0 Å². The minimum atomic E-state index is -0.312. The zero-order valence-electron chi connectivity index (χ0n) is 8.17. The van der Waals surface area contributed by atoms with Crippen LogP contribution in [0.25, 0.3) is 0 Å². The lowest BCUT2D eigenvalue weighted by molar-refractivity contribution is 0.760. The Morgan fingerprint density at radius 1 is 1.71 bits per heavy atom. The molecule has 78 valence electrons. The van der Waals surface area contributed by atoms with E-state index in [1.165, 1.54) is 6.33 Å². The van der Waals surface area contributed by atoms with Crippen LogP contribution in [-0.4, -0.2) is 37.2 Å². The summed E-state index contributed by atoms with van der Waals surface area (Å²) >= 11 is 5.80. The number of likely N-dealkylation sites (N-methyl/N-ethyl adjacent to an activating group) is 2. The highest BCUT2D eigenvalue weighted by Crippen LogP contribution is 2.15. The van der Waals surface area contributed by atoms with Gasteiger partial charge >= 0.3 is 0 Å². The molecule has 1 aromatic heterocycles. The van der Waals surface area contributed by atoms with Gasteiger partial charge in [0.05, 0.1) is 6.33 Å². The highest BCUT2D eigenvalue weighted by Gasteiger charge is 2.09. The van der Waals surface area contributed by atoms with E-state index in [-0.39, 0.29) is 10.6 Å². The van der Waals surface area contributed by atoms with E-state index in [0.717, 1.165) is 13.1 Å². The molecule has 1 aromatic rings. The lowest BCUT2D eigenvalue weighted by atomic mass is 10.5. The Morgan fingerprint density at radius 3 is 3.07 bits per heavy atom. The lowest BCUT2D eigenvalue weighted by Crippen LogP contribution is -2.29. The van der Waals surface area contributed by atoms with Gasteiger partial charge in [-0.1, -0.05) is 11.6 Å². The third-order valence-corrected chi connectivity index (χ3v) is 2.18. The van der Waals surface area contributed by atoms with Crippen LogP contribution in [-0.2, 0) is 0 Å². The quantitative estimate of drug-likeness (QED) is 0.749. The summed E-state index contributed by atoms with van der Waals surface area (Å²) in [6.07, 6.45) is 1.35. The Kier molecular flexibility index (Phi) is 3.91. The molecule has 1 heterocycles. The minimum absolute atomic E-state index is 0.131. The molecule has 5 nitrogen and oxygen atoms in total. The molecular weight excluding hydrogens is 204 g/mol. The van der Waals surface area contributed by atoms with E-state index in [1.807, 2.05) is 19.0 Å². The molecule has 0 atom stereocenters. The zero-order valence-corrected chi connectivity index (χ0v) is 8.93. The van der Waals surface area contributed by atoms with E-state index >= 15 is 0 Å². The van der Waals surface area contributed by atoms with Crippen LogP contribution < -0.4 is 15.8 Å². The number of hydrogen-bond donors (Lipinski definition) is 2. The van der Waals surface area contributed by atoms with Crippen LogP contribution in [0.3, 0.4) is 0 Å². The van der Waals surface area contributed by atoms with Crippen molar-refractivity contribution in [1.29, 1.82) is 0 Å². The van der Waals surface area contributed by atoms with Gasteiger partial charge in [-0.25, -0.2) is 4.98 Å². The third kappa shape index (κ3) is 2.46. The number of aromatic nitrogens is 2. The molecule has 0 unspecified atom stereocenters. The average Bonchev–Trinajstić information content (AvgIpc) is 2.18. The fraction of sp³-hybridized carbons (Fsp3) is 0.500. The summed E-state index contributed by atoms with van der Waals surface area (Å²) in [5.74, 6) is 0.505. The summed E-state index contributed by atoms with van der Waals surface area (Å²) in [4.78, 5) is 19.4. The van der Waals surface area contributed by atoms with Crippen LogP contribution in [0.4, 0.5) is 5.82 Å². The van der Waals surface area contributed by atoms with E-state index < -0.39 is 0 Å². The monoisotopic (exact) mass is 216 g/mol. The first-order valence-corrected chi connectivity index (χ1v) is 4.63. The molecule has 0 aliphatic rings. The van der Waals surface area contributed by atoms with Gasteiger partial charge in [0, 0.05) is 20.1 Å². The van der Waals surface area contributed by atoms with Gasteiger partial charge in [-0.15, -0.1) is 0 Å². The van der Waals surface area contributed by atoms with Gasteiger partial charge in [0.2, 0.25) is 0 Å². The van der Waals surface area contributed by atoms with Gasteiger partial charge < -0.3 is 15.2 Å². The van der Waals surface area contributed by atoms with Crippen molar-refractivity contribution >= 4 is 17.4 Å². The summed E-state index contributed by atoms with van der Waals surface area (Å²) in [5, 5.41) is 3.13. The summed E-state index contributed by atoms with van der Waals surface area (Å²) in [6, 6.07) is 0. The Balaban J connectivity index is 2.84. The predicted molar refractivity (Wildman–Crippen MR) is 57.1 cm³/mol. The molecule has 0 aromatic carbocycles. The van der Waals surface area contributed by atoms with Crippen molar-refractivity contribution in [1.82, 2.24) is 15.3 Å². The first-order valence-electron chi connectivity index (χ1n) is 4.25. The van der Waals surface area contributed by atoms with E-state index in [4.69, 9.17) is 11.6 Å². The predicted octanol–water partition coefficient (Wildman–Crippen LogP) is 0.0789. The second-order valence-electron chi connectivity index (χ2n) is 2.89. The van der Waals surface area contributed by atoms with E-state index in [0.29, 0.717) is 5.82 Å². The van der Waals surface area contributed by atoms with Crippen LogP contribution in [0.1, 0.15) is 0 Å². The van der Waals surface area contributed by atoms with Crippen LogP contribution in [0, 0.1) is 0 Å². The largest absolute Gasteiger partial charge is 0.357 e. The maximum Gasteiger partial charge on any atom is 0.271 e. The highest BCUT2D eigenvalue weighted by molar-refractivity contribution is 6.32. The Hall–Kier alpha value is -1.07. The van der Waals surface area contributed by atoms with Gasteiger partial charge in [0.15, 0.2) is 5.82 Å². The molecular formula is C8H13ClN4O. The molecule has 0 aliphatic heterocycles. The molecule has 1 rings (SSSR count). The van der Waals surface area contributed by atoms with Crippen molar-refractivity contribution in [3.05, 3.63) is 21.7 Å². The topological polar surface area (TPSA) is 61.0 Å². The maximum atomic E-state index is 11.1. The molecule has 0 fully saturated rings. The Morgan fingerprint density at radius 2 is 2.43 bits per heavy atom. The van der Waals surface area contributed by atoms with E-state index in [2.05, 4.69) is 15.3 Å². The molecule has 0 bridgehead atoms. The van der Waals surface area contributed by atoms with Crippen LogP contribution >= 0.6 is 11.6 Å². The number of rotatable bonds is 4. The summed E-state index contributed by atoms with van der Waals surface area (Å²) in [6.45, 7) is 1.55. The van der Waals surface area contributed by atoms with Crippen LogP contribution in [0.5, 0.6) is 0 Å².